The first-order valence-corrected chi connectivity index (χ1v) is 10.4. The van der Waals surface area contributed by atoms with Crippen molar-refractivity contribution in [3.8, 4) is 0 Å². The van der Waals surface area contributed by atoms with E-state index in [0.717, 1.165) is 44.7 Å². The zero-order valence-corrected chi connectivity index (χ0v) is 15.0. The smallest absolute Gasteiger partial charge is 0.211 e. The first-order chi connectivity index (χ1) is 11.0. The second kappa shape index (κ2) is 6.91. The summed E-state index contributed by atoms with van der Waals surface area (Å²) in [5.74, 6) is 1.37. The van der Waals surface area contributed by atoms with Crippen molar-refractivity contribution in [2.24, 2.45) is 0 Å². The maximum absolute atomic E-state index is 11.5. The van der Waals surface area contributed by atoms with Crippen molar-refractivity contribution < 1.29 is 8.42 Å². The maximum Gasteiger partial charge on any atom is 0.211 e. The Labute approximate surface area is 139 Å². The molecule has 6 nitrogen and oxygen atoms in total. The zero-order valence-electron chi connectivity index (χ0n) is 14.2. The number of hydrogen-bond acceptors (Lipinski definition) is 4. The summed E-state index contributed by atoms with van der Waals surface area (Å²) in [7, 11) is -1.60. The molecule has 0 bridgehead atoms. The third-order valence-electron chi connectivity index (χ3n) is 5.16. The molecule has 1 aliphatic carbocycles. The average Bonchev–Trinajstić information content (AvgIpc) is 3.10. The number of aromatic nitrogens is 2. The monoisotopic (exact) mass is 340 g/mol. The second-order valence-corrected chi connectivity index (χ2v) is 8.80. The molecule has 1 atom stereocenters. The summed E-state index contributed by atoms with van der Waals surface area (Å²) in [5, 5.41) is 0. The van der Waals surface area contributed by atoms with E-state index >= 15 is 0 Å². The molecule has 130 valence electrons. The minimum atomic E-state index is -3.08. The fourth-order valence-electron chi connectivity index (χ4n) is 3.99. The summed E-state index contributed by atoms with van der Waals surface area (Å²) in [6.45, 7) is 5.05. The number of fused-ring (bicyclic) bond motifs is 1. The first-order valence-electron chi connectivity index (χ1n) is 8.70. The molecule has 0 radical (unpaired) electrons. The summed E-state index contributed by atoms with van der Waals surface area (Å²) < 4.78 is 27.8. The Kier molecular flexibility index (Phi) is 5.08. The molecular formula is C16H28N4O2S. The molecule has 0 spiro atoms. The van der Waals surface area contributed by atoms with E-state index in [0.29, 0.717) is 12.5 Å². The molecule has 3 rings (SSSR count). The van der Waals surface area contributed by atoms with Crippen LogP contribution in [0.4, 0.5) is 0 Å². The lowest BCUT2D eigenvalue weighted by molar-refractivity contribution is 0.322. The number of hydrogen-bond donors (Lipinski definition) is 1. The predicted molar refractivity (Wildman–Crippen MR) is 91.2 cm³/mol. The lowest BCUT2D eigenvalue weighted by Gasteiger charge is -2.21. The van der Waals surface area contributed by atoms with Crippen molar-refractivity contribution in [2.45, 2.75) is 51.5 Å². The van der Waals surface area contributed by atoms with Gasteiger partial charge in [0.1, 0.15) is 5.82 Å². The van der Waals surface area contributed by atoms with Gasteiger partial charge in [0.15, 0.2) is 0 Å². The van der Waals surface area contributed by atoms with Gasteiger partial charge < -0.3 is 9.47 Å². The molecule has 1 N–H and O–H groups in total. The summed E-state index contributed by atoms with van der Waals surface area (Å²) in [4.78, 5) is 7.18. The molecule has 7 heteroatoms. The Bertz CT molecular complexity index is 653. The van der Waals surface area contributed by atoms with Gasteiger partial charge in [0.25, 0.3) is 0 Å². The van der Waals surface area contributed by atoms with Crippen molar-refractivity contribution in [1.82, 2.24) is 19.2 Å². The van der Waals surface area contributed by atoms with Crippen molar-refractivity contribution in [2.75, 3.05) is 32.4 Å². The van der Waals surface area contributed by atoms with Crippen LogP contribution in [0.2, 0.25) is 0 Å². The van der Waals surface area contributed by atoms with Gasteiger partial charge in [0.05, 0.1) is 11.4 Å². The van der Waals surface area contributed by atoms with E-state index in [4.69, 9.17) is 4.98 Å². The highest BCUT2D eigenvalue weighted by molar-refractivity contribution is 7.89. The number of likely N-dealkylation sites (tertiary alicyclic amines) is 1. The molecule has 0 aromatic carbocycles. The summed E-state index contributed by atoms with van der Waals surface area (Å²) in [6.07, 6.45) is 6.66. The fraction of sp³-hybridized carbons (Fsp3) is 0.812. The van der Waals surface area contributed by atoms with Crippen LogP contribution in [0.3, 0.4) is 0 Å². The Balaban J connectivity index is 1.59. The predicted octanol–water partition coefficient (Wildman–Crippen LogP) is 1.26. The van der Waals surface area contributed by atoms with Gasteiger partial charge in [0.2, 0.25) is 10.0 Å². The summed E-state index contributed by atoms with van der Waals surface area (Å²) in [5.41, 5.74) is 2.77. The van der Waals surface area contributed by atoms with Crippen LogP contribution in [-0.2, 0) is 22.9 Å². The standard InChI is InChI=1S/C16H28N4O2S/c1-13-18-15-6-3-4-7-16(15)20(13)14-8-10-19(12-14)9-5-11-23(21,22)17-2/h14,17H,3-12H2,1-2H3/t14-/m0/s1. The van der Waals surface area contributed by atoms with Gasteiger partial charge in [-0.2, -0.15) is 0 Å². The van der Waals surface area contributed by atoms with Crippen LogP contribution >= 0.6 is 0 Å². The third kappa shape index (κ3) is 3.78. The van der Waals surface area contributed by atoms with E-state index in [1.54, 1.807) is 0 Å². The van der Waals surface area contributed by atoms with Crippen LogP contribution < -0.4 is 4.72 Å². The van der Waals surface area contributed by atoms with Gasteiger partial charge >= 0.3 is 0 Å². The summed E-state index contributed by atoms with van der Waals surface area (Å²) in [6, 6.07) is 0.505. The van der Waals surface area contributed by atoms with Crippen LogP contribution in [0.1, 0.15) is 48.9 Å². The van der Waals surface area contributed by atoms with Gasteiger partial charge in [-0.1, -0.05) is 0 Å². The maximum atomic E-state index is 11.5. The second-order valence-electron chi connectivity index (χ2n) is 6.75. The molecule has 0 unspecified atom stereocenters. The molecule has 1 fully saturated rings. The molecule has 0 amide bonds. The van der Waals surface area contributed by atoms with Crippen LogP contribution in [0.5, 0.6) is 0 Å². The molecular weight excluding hydrogens is 312 g/mol. The Morgan fingerprint density at radius 2 is 2.09 bits per heavy atom. The van der Waals surface area contributed by atoms with Crippen molar-refractivity contribution in [1.29, 1.82) is 0 Å². The minimum absolute atomic E-state index is 0.212. The van der Waals surface area contributed by atoms with E-state index < -0.39 is 10.0 Å². The van der Waals surface area contributed by atoms with Crippen molar-refractivity contribution in [3.63, 3.8) is 0 Å². The van der Waals surface area contributed by atoms with Crippen molar-refractivity contribution in [3.05, 3.63) is 17.2 Å². The van der Waals surface area contributed by atoms with Crippen LogP contribution in [0.25, 0.3) is 0 Å². The highest BCUT2D eigenvalue weighted by atomic mass is 32.2. The van der Waals surface area contributed by atoms with E-state index in [2.05, 4.69) is 21.1 Å². The average molecular weight is 340 g/mol. The van der Waals surface area contributed by atoms with Gasteiger partial charge in [0, 0.05) is 24.8 Å². The van der Waals surface area contributed by atoms with E-state index in [1.807, 2.05) is 0 Å². The molecule has 2 heterocycles. The quantitative estimate of drug-likeness (QED) is 0.846. The molecule has 1 aromatic heterocycles. The largest absolute Gasteiger partial charge is 0.328 e. The number of nitrogens with zero attached hydrogens (tertiary/aromatic N) is 3. The number of nitrogens with one attached hydrogen (secondary N) is 1. The van der Waals surface area contributed by atoms with Gasteiger partial charge in [-0.15, -0.1) is 0 Å². The van der Waals surface area contributed by atoms with Crippen molar-refractivity contribution >= 4 is 10.0 Å². The summed E-state index contributed by atoms with van der Waals surface area (Å²) >= 11 is 0. The first kappa shape index (κ1) is 16.9. The molecule has 1 aromatic rings. The zero-order chi connectivity index (χ0) is 16.4. The van der Waals surface area contributed by atoms with E-state index in [-0.39, 0.29) is 5.75 Å². The van der Waals surface area contributed by atoms with Gasteiger partial charge in [-0.25, -0.2) is 18.1 Å². The van der Waals surface area contributed by atoms with Crippen LogP contribution in [-0.4, -0.2) is 55.3 Å². The van der Waals surface area contributed by atoms with Crippen LogP contribution in [0.15, 0.2) is 0 Å². The number of rotatable bonds is 6. The Morgan fingerprint density at radius 3 is 2.87 bits per heavy atom. The van der Waals surface area contributed by atoms with E-state index in [1.165, 1.54) is 31.3 Å². The van der Waals surface area contributed by atoms with Crippen LogP contribution in [0, 0.1) is 6.92 Å². The molecule has 2 aliphatic rings. The number of imidazole rings is 1. The Morgan fingerprint density at radius 1 is 1.30 bits per heavy atom. The molecule has 1 aliphatic heterocycles. The number of sulfonamides is 1. The SMILES string of the molecule is CNS(=O)(=O)CCCN1CC[C@H](n2c(C)nc3c2CCCC3)C1. The lowest BCUT2D eigenvalue weighted by Crippen LogP contribution is -2.28. The fourth-order valence-corrected chi connectivity index (χ4v) is 4.70. The molecule has 0 saturated carbocycles. The van der Waals surface area contributed by atoms with E-state index in [9.17, 15) is 8.42 Å². The minimum Gasteiger partial charge on any atom is -0.328 e. The number of aryl methyl sites for hydroxylation is 2. The topological polar surface area (TPSA) is 67.2 Å². The lowest BCUT2D eigenvalue weighted by atomic mass is 10.0. The van der Waals surface area contributed by atoms with Gasteiger partial charge in [-0.05, 0) is 59.0 Å². The highest BCUT2D eigenvalue weighted by Gasteiger charge is 2.28. The normalized spacial score (nSPS) is 22.4. The Hall–Kier alpha value is -0.920. The third-order valence-corrected chi connectivity index (χ3v) is 6.61. The van der Waals surface area contributed by atoms with Gasteiger partial charge in [-0.3, -0.25) is 0 Å². The molecule has 23 heavy (non-hydrogen) atoms. The molecule has 1 saturated heterocycles. The highest BCUT2D eigenvalue weighted by Crippen LogP contribution is 2.30.